The molecule has 0 spiro atoms. The molecule has 0 aliphatic carbocycles. The van der Waals surface area contributed by atoms with Crippen molar-refractivity contribution >= 4 is 11.6 Å². The van der Waals surface area contributed by atoms with E-state index in [0.717, 1.165) is 12.8 Å². The maximum absolute atomic E-state index is 14.0. The van der Waals surface area contributed by atoms with Crippen molar-refractivity contribution in [2.45, 2.75) is 31.8 Å². The second-order valence-corrected chi connectivity index (χ2v) is 4.72. The molecule has 1 aromatic rings. The summed E-state index contributed by atoms with van der Waals surface area (Å²) < 4.78 is 28.1. The van der Waals surface area contributed by atoms with Gasteiger partial charge in [0.05, 0.1) is 0 Å². The first kappa shape index (κ1) is 13.7. The first-order valence-electron chi connectivity index (χ1n) is 6.28. The number of anilines is 1. The van der Waals surface area contributed by atoms with E-state index in [2.05, 4.69) is 0 Å². The topological polar surface area (TPSA) is 72.3 Å². The molecule has 1 amide bonds. The molecule has 1 atom stereocenters. The average Bonchev–Trinajstić information content (AvgIpc) is 2.38. The fourth-order valence-corrected chi connectivity index (χ4v) is 2.51. The number of rotatable bonds is 3. The zero-order valence-electron chi connectivity index (χ0n) is 10.5. The lowest BCUT2D eigenvalue weighted by molar-refractivity contribution is -0.119. The molecule has 1 heterocycles. The van der Waals surface area contributed by atoms with Crippen molar-refractivity contribution < 1.29 is 13.6 Å². The van der Waals surface area contributed by atoms with Crippen LogP contribution >= 0.6 is 0 Å². The Labute approximate surface area is 110 Å². The highest BCUT2D eigenvalue weighted by Crippen LogP contribution is 2.30. The van der Waals surface area contributed by atoms with Gasteiger partial charge in [-0.25, -0.2) is 8.78 Å². The quantitative estimate of drug-likeness (QED) is 0.868. The molecule has 0 radical (unpaired) electrons. The van der Waals surface area contributed by atoms with E-state index in [1.165, 1.54) is 17.0 Å². The minimum atomic E-state index is -0.700. The van der Waals surface area contributed by atoms with Gasteiger partial charge >= 0.3 is 0 Å². The standard InChI is InChI=1S/C13H17F2N3O/c14-9-5-8(7-16)6-10(15)12(9)18-4-2-1-3-11(18)13(17)19/h5-6,11H,1-4,7,16H2,(H2,17,19). The number of benzene rings is 1. The van der Waals surface area contributed by atoms with Gasteiger partial charge in [-0.2, -0.15) is 0 Å². The van der Waals surface area contributed by atoms with Gasteiger partial charge in [0.25, 0.3) is 0 Å². The summed E-state index contributed by atoms with van der Waals surface area (Å²) in [5.41, 5.74) is 10.9. The summed E-state index contributed by atoms with van der Waals surface area (Å²) in [5.74, 6) is -1.95. The van der Waals surface area contributed by atoms with Gasteiger partial charge in [0, 0.05) is 13.1 Å². The molecule has 1 aromatic carbocycles. The highest BCUT2D eigenvalue weighted by Gasteiger charge is 2.30. The Bertz CT molecular complexity index is 470. The molecule has 2 rings (SSSR count). The SMILES string of the molecule is NCc1cc(F)c(N2CCCCC2C(N)=O)c(F)c1. The van der Waals surface area contributed by atoms with E-state index in [1.807, 2.05) is 0 Å². The van der Waals surface area contributed by atoms with Crippen LogP contribution in [-0.4, -0.2) is 18.5 Å². The molecular formula is C13H17F2N3O. The Morgan fingerprint density at radius 2 is 1.95 bits per heavy atom. The van der Waals surface area contributed by atoms with Crippen LogP contribution in [-0.2, 0) is 11.3 Å². The largest absolute Gasteiger partial charge is 0.368 e. The Kier molecular flexibility index (Phi) is 3.99. The number of nitrogens with two attached hydrogens (primary N) is 2. The summed E-state index contributed by atoms with van der Waals surface area (Å²) in [5, 5.41) is 0. The maximum Gasteiger partial charge on any atom is 0.240 e. The van der Waals surface area contributed by atoms with Crippen LogP contribution in [0, 0.1) is 11.6 Å². The van der Waals surface area contributed by atoms with Crippen molar-refractivity contribution in [3.63, 3.8) is 0 Å². The lowest BCUT2D eigenvalue weighted by Gasteiger charge is -2.35. The Morgan fingerprint density at radius 3 is 2.47 bits per heavy atom. The highest BCUT2D eigenvalue weighted by molar-refractivity contribution is 5.84. The third-order valence-corrected chi connectivity index (χ3v) is 3.43. The molecule has 1 aliphatic heterocycles. The van der Waals surface area contributed by atoms with Crippen molar-refractivity contribution in [2.75, 3.05) is 11.4 Å². The van der Waals surface area contributed by atoms with Crippen LogP contribution in [0.3, 0.4) is 0 Å². The third kappa shape index (κ3) is 2.68. The maximum atomic E-state index is 14.0. The van der Waals surface area contributed by atoms with E-state index in [0.29, 0.717) is 18.5 Å². The molecule has 1 fully saturated rings. The predicted octanol–water partition coefficient (Wildman–Crippen LogP) is 1.27. The van der Waals surface area contributed by atoms with E-state index in [9.17, 15) is 13.6 Å². The minimum Gasteiger partial charge on any atom is -0.368 e. The van der Waals surface area contributed by atoms with E-state index >= 15 is 0 Å². The van der Waals surface area contributed by atoms with Crippen LogP contribution in [0.4, 0.5) is 14.5 Å². The van der Waals surface area contributed by atoms with Gasteiger partial charge in [-0.1, -0.05) is 0 Å². The lowest BCUT2D eigenvalue weighted by atomic mass is 10.00. The van der Waals surface area contributed by atoms with Crippen LogP contribution in [0.1, 0.15) is 24.8 Å². The number of carbonyl (C=O) groups is 1. The molecule has 1 saturated heterocycles. The second-order valence-electron chi connectivity index (χ2n) is 4.72. The molecule has 1 aliphatic rings. The molecule has 6 heteroatoms. The van der Waals surface area contributed by atoms with Crippen LogP contribution in [0.2, 0.25) is 0 Å². The molecule has 4 N–H and O–H groups in total. The van der Waals surface area contributed by atoms with Gasteiger partial charge in [0.15, 0.2) is 0 Å². The highest BCUT2D eigenvalue weighted by atomic mass is 19.1. The molecule has 19 heavy (non-hydrogen) atoms. The summed E-state index contributed by atoms with van der Waals surface area (Å²) >= 11 is 0. The summed E-state index contributed by atoms with van der Waals surface area (Å²) in [7, 11) is 0. The molecule has 0 bridgehead atoms. The van der Waals surface area contributed by atoms with Crippen LogP contribution in [0.5, 0.6) is 0 Å². The summed E-state index contributed by atoms with van der Waals surface area (Å²) in [6.07, 6.45) is 2.13. The monoisotopic (exact) mass is 269 g/mol. The van der Waals surface area contributed by atoms with Crippen molar-refractivity contribution in [1.29, 1.82) is 0 Å². The molecule has 0 aromatic heterocycles. The number of amides is 1. The van der Waals surface area contributed by atoms with Gasteiger partial charge in [-0.3, -0.25) is 4.79 Å². The molecular weight excluding hydrogens is 252 g/mol. The third-order valence-electron chi connectivity index (χ3n) is 3.43. The smallest absolute Gasteiger partial charge is 0.240 e. The lowest BCUT2D eigenvalue weighted by Crippen LogP contribution is -2.48. The minimum absolute atomic E-state index is 0.0629. The van der Waals surface area contributed by atoms with Crippen LogP contribution < -0.4 is 16.4 Å². The van der Waals surface area contributed by atoms with E-state index in [-0.39, 0.29) is 12.2 Å². The normalized spacial score (nSPS) is 19.5. The first-order chi connectivity index (χ1) is 9.04. The van der Waals surface area contributed by atoms with Crippen LogP contribution in [0.15, 0.2) is 12.1 Å². The number of carbonyl (C=O) groups excluding carboxylic acids is 1. The number of nitrogens with zero attached hydrogens (tertiary/aromatic N) is 1. The number of hydrogen-bond donors (Lipinski definition) is 2. The summed E-state index contributed by atoms with van der Waals surface area (Å²) in [6.45, 7) is 0.483. The Morgan fingerprint density at radius 1 is 1.32 bits per heavy atom. The van der Waals surface area contributed by atoms with E-state index < -0.39 is 23.6 Å². The number of halogens is 2. The number of piperidine rings is 1. The van der Waals surface area contributed by atoms with E-state index in [1.54, 1.807) is 0 Å². The van der Waals surface area contributed by atoms with Crippen LogP contribution in [0.25, 0.3) is 0 Å². The van der Waals surface area contributed by atoms with Crippen molar-refractivity contribution in [2.24, 2.45) is 11.5 Å². The van der Waals surface area contributed by atoms with E-state index in [4.69, 9.17) is 11.5 Å². The summed E-state index contributed by atoms with van der Waals surface area (Å²) in [4.78, 5) is 12.8. The van der Waals surface area contributed by atoms with Gasteiger partial charge in [0.1, 0.15) is 23.4 Å². The fraction of sp³-hybridized carbons (Fsp3) is 0.462. The molecule has 0 saturated carbocycles. The van der Waals surface area contributed by atoms with Crippen molar-refractivity contribution in [3.8, 4) is 0 Å². The van der Waals surface area contributed by atoms with Gasteiger partial charge in [0.2, 0.25) is 5.91 Å². The number of primary amides is 1. The zero-order chi connectivity index (χ0) is 14.0. The number of hydrogen-bond acceptors (Lipinski definition) is 3. The van der Waals surface area contributed by atoms with Crippen molar-refractivity contribution in [3.05, 3.63) is 29.3 Å². The average molecular weight is 269 g/mol. The van der Waals surface area contributed by atoms with Gasteiger partial charge in [-0.05, 0) is 37.0 Å². The summed E-state index contributed by atoms with van der Waals surface area (Å²) in [6, 6.07) is 1.75. The van der Waals surface area contributed by atoms with Gasteiger partial charge < -0.3 is 16.4 Å². The predicted molar refractivity (Wildman–Crippen MR) is 68.4 cm³/mol. The fourth-order valence-electron chi connectivity index (χ4n) is 2.51. The van der Waals surface area contributed by atoms with Crippen molar-refractivity contribution in [1.82, 2.24) is 0 Å². The molecule has 1 unspecified atom stereocenters. The molecule has 104 valence electrons. The first-order valence-corrected chi connectivity index (χ1v) is 6.28. The zero-order valence-corrected chi connectivity index (χ0v) is 10.5. The van der Waals surface area contributed by atoms with Gasteiger partial charge in [-0.15, -0.1) is 0 Å². The molecule has 4 nitrogen and oxygen atoms in total. The Hall–Kier alpha value is -1.69. The Balaban J connectivity index is 2.41. The second kappa shape index (κ2) is 5.52.